The van der Waals surface area contributed by atoms with E-state index in [1.54, 1.807) is 6.07 Å². The first-order valence-electron chi connectivity index (χ1n) is 9.04. The quantitative estimate of drug-likeness (QED) is 0.603. The predicted octanol–water partition coefficient (Wildman–Crippen LogP) is 3.09. The number of hydrogen-bond donors (Lipinski definition) is 1. The van der Waals surface area contributed by atoms with Gasteiger partial charge in [-0.15, -0.1) is 0 Å². The predicted molar refractivity (Wildman–Crippen MR) is 102 cm³/mol. The van der Waals surface area contributed by atoms with Crippen molar-refractivity contribution in [3.63, 3.8) is 0 Å². The van der Waals surface area contributed by atoms with Crippen LogP contribution in [0, 0.1) is 0 Å². The lowest BCUT2D eigenvalue weighted by atomic mass is 10.1. The van der Waals surface area contributed by atoms with E-state index in [4.69, 9.17) is 14.2 Å². The zero-order valence-electron chi connectivity index (χ0n) is 15.3. The molecule has 0 saturated carbocycles. The lowest BCUT2D eigenvalue weighted by molar-refractivity contribution is 0.104. The van der Waals surface area contributed by atoms with Crippen LogP contribution in [0.15, 0.2) is 30.3 Å². The summed E-state index contributed by atoms with van der Waals surface area (Å²) in [6.45, 7) is 2.45. The molecule has 138 valence electrons. The Kier molecular flexibility index (Phi) is 3.62. The van der Waals surface area contributed by atoms with E-state index in [0.29, 0.717) is 42.4 Å². The Morgan fingerprint density at radius 1 is 1.07 bits per heavy atom. The Hall–Kier alpha value is -2.99. The highest BCUT2D eigenvalue weighted by molar-refractivity contribution is 6.27. The van der Waals surface area contributed by atoms with Crippen LogP contribution in [0.4, 0.5) is 0 Å². The molecule has 0 fully saturated rings. The summed E-state index contributed by atoms with van der Waals surface area (Å²) < 4.78 is 17.2. The molecule has 0 bridgehead atoms. The van der Waals surface area contributed by atoms with Crippen LogP contribution in [0.25, 0.3) is 22.2 Å². The molecule has 0 radical (unpaired) electrons. The average Bonchev–Trinajstić information content (AvgIpc) is 3.16. The fraction of sp³-hybridized carbons (Fsp3) is 0.286. The number of carbonyl (C=O) groups is 1. The molecule has 1 aliphatic carbocycles. The van der Waals surface area contributed by atoms with Crippen molar-refractivity contribution in [2.45, 2.75) is 0 Å². The number of rotatable bonds is 4. The summed E-state index contributed by atoms with van der Waals surface area (Å²) in [5.74, 6) is 2.09. The van der Waals surface area contributed by atoms with Gasteiger partial charge in [0.25, 0.3) is 0 Å². The van der Waals surface area contributed by atoms with Crippen LogP contribution in [0.5, 0.6) is 17.2 Å². The Balaban J connectivity index is 1.56. The average molecular weight is 364 g/mol. The number of ether oxygens (including phenoxy) is 3. The standard InChI is InChI=1S/C21H20N2O4/c1-23(2)5-6-25-12-3-4-16-15(9-12)19-20(22-16)13-10-17-18(27-8-7-26-17)11-14(13)21(19)24/h3-4,9-11,22H,5-8H2,1-2H3. The minimum absolute atomic E-state index is 0.00802. The smallest absolute Gasteiger partial charge is 0.196 e. The summed E-state index contributed by atoms with van der Waals surface area (Å²) in [6, 6.07) is 9.53. The van der Waals surface area contributed by atoms with Crippen molar-refractivity contribution >= 4 is 16.7 Å². The summed E-state index contributed by atoms with van der Waals surface area (Å²) in [5.41, 5.74) is 3.98. The zero-order valence-corrected chi connectivity index (χ0v) is 15.3. The van der Waals surface area contributed by atoms with Crippen molar-refractivity contribution in [1.82, 2.24) is 9.88 Å². The van der Waals surface area contributed by atoms with Crippen molar-refractivity contribution in [3.05, 3.63) is 41.5 Å². The van der Waals surface area contributed by atoms with Crippen molar-refractivity contribution in [2.75, 3.05) is 40.5 Å². The molecule has 2 aliphatic rings. The second-order valence-electron chi connectivity index (χ2n) is 7.10. The first kappa shape index (κ1) is 16.2. The number of nitrogens with one attached hydrogen (secondary N) is 1. The first-order valence-corrected chi connectivity index (χ1v) is 9.04. The number of hydrogen-bond acceptors (Lipinski definition) is 5. The van der Waals surface area contributed by atoms with Crippen LogP contribution in [0.2, 0.25) is 0 Å². The Morgan fingerprint density at radius 3 is 2.56 bits per heavy atom. The monoisotopic (exact) mass is 364 g/mol. The normalized spacial score (nSPS) is 14.6. The minimum Gasteiger partial charge on any atom is -0.492 e. The molecule has 3 aromatic rings. The highest BCUT2D eigenvalue weighted by Crippen LogP contribution is 2.46. The maximum Gasteiger partial charge on any atom is 0.196 e. The highest BCUT2D eigenvalue weighted by Gasteiger charge is 2.33. The molecule has 5 rings (SSSR count). The van der Waals surface area contributed by atoms with Crippen LogP contribution >= 0.6 is 0 Å². The second-order valence-corrected chi connectivity index (χ2v) is 7.10. The highest BCUT2D eigenvalue weighted by atomic mass is 16.6. The van der Waals surface area contributed by atoms with Gasteiger partial charge in [-0.05, 0) is 44.4 Å². The minimum atomic E-state index is 0.00802. The van der Waals surface area contributed by atoms with E-state index in [1.807, 2.05) is 38.4 Å². The molecule has 0 unspecified atom stereocenters. The summed E-state index contributed by atoms with van der Waals surface area (Å²) in [5, 5.41) is 0.883. The van der Waals surface area contributed by atoms with Crippen molar-refractivity contribution in [3.8, 4) is 28.5 Å². The van der Waals surface area contributed by atoms with Crippen LogP contribution in [0.3, 0.4) is 0 Å². The molecule has 0 spiro atoms. The molecule has 2 heterocycles. The van der Waals surface area contributed by atoms with Gasteiger partial charge in [0.05, 0.1) is 11.3 Å². The molecule has 1 aliphatic heterocycles. The molecular formula is C21H20N2O4. The van der Waals surface area contributed by atoms with E-state index in [0.717, 1.165) is 34.5 Å². The zero-order chi connectivity index (χ0) is 18.5. The van der Waals surface area contributed by atoms with Gasteiger partial charge >= 0.3 is 0 Å². The number of carbonyl (C=O) groups excluding carboxylic acids is 1. The third kappa shape index (κ3) is 2.56. The Bertz CT molecular complexity index is 1070. The topological polar surface area (TPSA) is 63.8 Å². The summed E-state index contributed by atoms with van der Waals surface area (Å²) >= 11 is 0. The molecule has 0 saturated heterocycles. The summed E-state index contributed by atoms with van der Waals surface area (Å²) in [7, 11) is 4.02. The van der Waals surface area contributed by atoms with E-state index in [9.17, 15) is 4.79 Å². The van der Waals surface area contributed by atoms with Crippen LogP contribution in [-0.4, -0.2) is 56.1 Å². The van der Waals surface area contributed by atoms with Crippen LogP contribution < -0.4 is 14.2 Å². The molecule has 0 amide bonds. The molecular weight excluding hydrogens is 344 g/mol. The third-order valence-electron chi connectivity index (χ3n) is 5.00. The number of nitrogens with zero attached hydrogens (tertiary/aromatic N) is 1. The number of H-pyrrole nitrogens is 1. The number of likely N-dealkylation sites (N-methyl/N-ethyl adjacent to an activating group) is 1. The number of aromatic nitrogens is 1. The Morgan fingerprint density at radius 2 is 1.81 bits per heavy atom. The van der Waals surface area contributed by atoms with Gasteiger partial charge < -0.3 is 24.1 Å². The van der Waals surface area contributed by atoms with Gasteiger partial charge in [-0.25, -0.2) is 0 Å². The SMILES string of the molecule is CN(C)CCOc1ccc2[nH]c3c(c2c1)C(=O)c1cc2c(cc1-3)OCCO2. The lowest BCUT2D eigenvalue weighted by Crippen LogP contribution is -2.19. The van der Waals surface area contributed by atoms with E-state index >= 15 is 0 Å². The number of benzene rings is 2. The molecule has 1 aromatic heterocycles. The van der Waals surface area contributed by atoms with Gasteiger partial charge in [-0.3, -0.25) is 4.79 Å². The maximum absolute atomic E-state index is 13.1. The van der Waals surface area contributed by atoms with Crippen LogP contribution in [0.1, 0.15) is 15.9 Å². The van der Waals surface area contributed by atoms with Gasteiger partial charge in [-0.2, -0.15) is 0 Å². The first-order chi connectivity index (χ1) is 13.1. The molecule has 2 aromatic carbocycles. The van der Waals surface area contributed by atoms with Crippen LogP contribution in [-0.2, 0) is 0 Å². The fourth-order valence-electron chi connectivity index (χ4n) is 3.66. The summed E-state index contributed by atoms with van der Waals surface area (Å²) in [6.07, 6.45) is 0. The Labute approximate surface area is 156 Å². The molecule has 6 nitrogen and oxygen atoms in total. The molecule has 1 N–H and O–H groups in total. The molecule has 27 heavy (non-hydrogen) atoms. The summed E-state index contributed by atoms with van der Waals surface area (Å²) in [4.78, 5) is 18.6. The largest absolute Gasteiger partial charge is 0.492 e. The van der Waals surface area contributed by atoms with Gasteiger partial charge in [0.2, 0.25) is 0 Å². The molecule has 6 heteroatoms. The lowest BCUT2D eigenvalue weighted by Gasteiger charge is -2.19. The van der Waals surface area contributed by atoms with E-state index in [-0.39, 0.29) is 5.78 Å². The number of aromatic amines is 1. The van der Waals surface area contributed by atoms with Crippen molar-refractivity contribution < 1.29 is 19.0 Å². The van der Waals surface area contributed by atoms with E-state index in [1.165, 1.54) is 0 Å². The van der Waals surface area contributed by atoms with Gasteiger partial charge in [0.15, 0.2) is 17.3 Å². The number of ketones is 1. The van der Waals surface area contributed by atoms with Crippen molar-refractivity contribution in [2.24, 2.45) is 0 Å². The third-order valence-corrected chi connectivity index (χ3v) is 5.00. The number of fused-ring (bicyclic) bond motifs is 6. The molecule has 0 atom stereocenters. The fourth-order valence-corrected chi connectivity index (χ4v) is 3.66. The van der Waals surface area contributed by atoms with E-state index < -0.39 is 0 Å². The van der Waals surface area contributed by atoms with Gasteiger partial charge in [0.1, 0.15) is 25.6 Å². The van der Waals surface area contributed by atoms with E-state index in [2.05, 4.69) is 9.88 Å². The second kappa shape index (κ2) is 6.03. The maximum atomic E-state index is 13.1. The van der Waals surface area contributed by atoms with Crippen molar-refractivity contribution in [1.29, 1.82) is 0 Å². The van der Waals surface area contributed by atoms with Gasteiger partial charge in [0, 0.05) is 28.6 Å². The van der Waals surface area contributed by atoms with Gasteiger partial charge in [-0.1, -0.05) is 0 Å².